The summed E-state index contributed by atoms with van der Waals surface area (Å²) >= 11 is 0. The van der Waals surface area contributed by atoms with Crippen molar-refractivity contribution in [1.29, 1.82) is 0 Å². The molecule has 1 atom stereocenters. The Kier molecular flexibility index (Phi) is 4.34. The highest BCUT2D eigenvalue weighted by atomic mass is 16.5. The van der Waals surface area contributed by atoms with Crippen LogP contribution in [0.25, 0.3) is 0 Å². The number of aromatic nitrogens is 2. The normalized spacial score (nSPS) is 19.7. The molecule has 1 saturated heterocycles. The first kappa shape index (κ1) is 16.6. The number of rotatable bonds is 3. The van der Waals surface area contributed by atoms with Gasteiger partial charge in [0.25, 0.3) is 5.56 Å². The zero-order valence-corrected chi connectivity index (χ0v) is 14.4. The van der Waals surface area contributed by atoms with Crippen LogP contribution in [0.15, 0.2) is 29.1 Å². The number of carbonyl (C=O) groups is 1. The molecule has 3 heterocycles. The van der Waals surface area contributed by atoms with Gasteiger partial charge in [0, 0.05) is 25.4 Å². The number of nitrogens with zero attached hydrogens (tertiary/aromatic N) is 2. The Hall–Kier alpha value is -2.87. The lowest BCUT2D eigenvalue weighted by atomic mass is 9.87. The molecule has 0 spiro atoms. The zero-order chi connectivity index (χ0) is 18.1. The minimum atomic E-state index is -0.334. The molecule has 2 aliphatic rings. The summed E-state index contributed by atoms with van der Waals surface area (Å²) in [5, 5.41) is 2.75. The number of morpholine rings is 1. The second-order valence-electron chi connectivity index (χ2n) is 6.33. The van der Waals surface area contributed by atoms with Gasteiger partial charge in [-0.25, -0.2) is 0 Å². The number of amides is 1. The Balaban J connectivity index is 1.74. The number of fused-ring (bicyclic) bond motifs is 1. The van der Waals surface area contributed by atoms with Crippen LogP contribution >= 0.6 is 0 Å². The van der Waals surface area contributed by atoms with Crippen molar-refractivity contribution in [3.05, 3.63) is 45.7 Å². The number of benzene rings is 1. The van der Waals surface area contributed by atoms with E-state index in [0.717, 1.165) is 11.3 Å². The molecule has 1 amide bonds. The molecule has 0 aliphatic carbocycles. The number of anilines is 2. The SMILES string of the molecule is COc1ccc(C2CC(=O)Nc3nc(N4CCOCC4)[nH]c(=O)c32)cc1. The number of aromatic amines is 1. The molecule has 1 fully saturated rings. The van der Waals surface area contributed by atoms with Crippen molar-refractivity contribution in [2.75, 3.05) is 43.6 Å². The van der Waals surface area contributed by atoms with Gasteiger partial charge in [0.15, 0.2) is 0 Å². The fraction of sp³-hybridized carbons (Fsp3) is 0.389. The third-order valence-corrected chi connectivity index (χ3v) is 4.77. The van der Waals surface area contributed by atoms with Crippen LogP contribution in [-0.2, 0) is 9.53 Å². The molecule has 1 aromatic carbocycles. The monoisotopic (exact) mass is 356 g/mol. The summed E-state index contributed by atoms with van der Waals surface area (Å²) < 4.78 is 10.5. The van der Waals surface area contributed by atoms with Crippen molar-refractivity contribution in [3.8, 4) is 5.75 Å². The van der Waals surface area contributed by atoms with Crippen molar-refractivity contribution >= 4 is 17.7 Å². The maximum Gasteiger partial charge on any atom is 0.258 e. The zero-order valence-electron chi connectivity index (χ0n) is 14.4. The summed E-state index contributed by atoms with van der Waals surface area (Å²) in [6, 6.07) is 7.40. The van der Waals surface area contributed by atoms with E-state index >= 15 is 0 Å². The molecule has 136 valence electrons. The van der Waals surface area contributed by atoms with Gasteiger partial charge in [-0.15, -0.1) is 0 Å². The van der Waals surface area contributed by atoms with Crippen molar-refractivity contribution in [1.82, 2.24) is 9.97 Å². The maximum atomic E-state index is 12.8. The van der Waals surface area contributed by atoms with Crippen LogP contribution in [0.1, 0.15) is 23.5 Å². The third-order valence-electron chi connectivity index (χ3n) is 4.77. The maximum absolute atomic E-state index is 12.8. The van der Waals surface area contributed by atoms with Gasteiger partial charge < -0.3 is 19.7 Å². The average molecular weight is 356 g/mol. The molecule has 0 bridgehead atoms. The van der Waals surface area contributed by atoms with Gasteiger partial charge in [0.2, 0.25) is 11.9 Å². The fourth-order valence-electron chi connectivity index (χ4n) is 3.41. The molecule has 1 aromatic heterocycles. The van der Waals surface area contributed by atoms with E-state index in [0.29, 0.717) is 43.6 Å². The number of ether oxygens (including phenoxy) is 2. The van der Waals surface area contributed by atoms with E-state index in [4.69, 9.17) is 9.47 Å². The highest BCUT2D eigenvalue weighted by Crippen LogP contribution is 2.35. The van der Waals surface area contributed by atoms with Crippen LogP contribution in [0.5, 0.6) is 5.75 Å². The lowest BCUT2D eigenvalue weighted by Gasteiger charge is -2.29. The Labute approximate surface area is 150 Å². The number of carbonyl (C=O) groups excluding carboxylic acids is 1. The first-order valence-corrected chi connectivity index (χ1v) is 8.56. The van der Waals surface area contributed by atoms with Crippen LogP contribution in [-0.4, -0.2) is 49.3 Å². The van der Waals surface area contributed by atoms with E-state index in [2.05, 4.69) is 15.3 Å². The minimum Gasteiger partial charge on any atom is -0.497 e. The van der Waals surface area contributed by atoms with Crippen molar-refractivity contribution < 1.29 is 14.3 Å². The second kappa shape index (κ2) is 6.80. The third kappa shape index (κ3) is 3.03. The molecule has 4 rings (SSSR count). The van der Waals surface area contributed by atoms with Crippen LogP contribution in [0.4, 0.5) is 11.8 Å². The van der Waals surface area contributed by atoms with E-state index in [1.54, 1.807) is 7.11 Å². The standard InChI is InChI=1S/C18H20N4O4/c1-25-12-4-2-11(3-5-12)13-10-14(23)19-16-15(13)17(24)21-18(20-16)22-6-8-26-9-7-22/h2-5,13H,6-10H2,1H3,(H2,19,20,21,23,24). The Morgan fingerprint density at radius 3 is 2.62 bits per heavy atom. The minimum absolute atomic E-state index is 0.149. The van der Waals surface area contributed by atoms with E-state index in [-0.39, 0.29) is 23.8 Å². The molecular weight excluding hydrogens is 336 g/mol. The van der Waals surface area contributed by atoms with Gasteiger partial charge in [0.1, 0.15) is 11.6 Å². The number of H-pyrrole nitrogens is 1. The predicted molar refractivity (Wildman–Crippen MR) is 96.0 cm³/mol. The van der Waals surface area contributed by atoms with Crippen LogP contribution < -0.4 is 20.5 Å². The highest BCUT2D eigenvalue weighted by molar-refractivity contribution is 5.94. The van der Waals surface area contributed by atoms with Gasteiger partial charge >= 0.3 is 0 Å². The van der Waals surface area contributed by atoms with Gasteiger partial charge in [-0.05, 0) is 17.7 Å². The second-order valence-corrected chi connectivity index (χ2v) is 6.33. The summed E-state index contributed by atoms with van der Waals surface area (Å²) in [6.07, 6.45) is 0.209. The summed E-state index contributed by atoms with van der Waals surface area (Å²) in [6.45, 7) is 2.47. The molecule has 0 saturated carbocycles. The first-order valence-electron chi connectivity index (χ1n) is 8.56. The summed E-state index contributed by atoms with van der Waals surface area (Å²) in [7, 11) is 1.60. The molecule has 0 radical (unpaired) electrons. The molecule has 26 heavy (non-hydrogen) atoms. The van der Waals surface area contributed by atoms with E-state index < -0.39 is 0 Å². The Morgan fingerprint density at radius 2 is 1.92 bits per heavy atom. The van der Waals surface area contributed by atoms with Crippen molar-refractivity contribution in [2.45, 2.75) is 12.3 Å². The largest absolute Gasteiger partial charge is 0.497 e. The van der Waals surface area contributed by atoms with E-state index in [1.807, 2.05) is 29.2 Å². The molecule has 8 heteroatoms. The van der Waals surface area contributed by atoms with Gasteiger partial charge in [-0.3, -0.25) is 14.6 Å². The topological polar surface area (TPSA) is 96.5 Å². The van der Waals surface area contributed by atoms with E-state index in [1.165, 1.54) is 0 Å². The summed E-state index contributed by atoms with van der Waals surface area (Å²) in [5.74, 6) is 1.05. The number of hydrogen-bond donors (Lipinski definition) is 2. The molecule has 2 aromatic rings. The van der Waals surface area contributed by atoms with Crippen molar-refractivity contribution in [2.24, 2.45) is 0 Å². The number of methoxy groups -OCH3 is 1. The summed E-state index contributed by atoms with van der Waals surface area (Å²) in [5.41, 5.74) is 1.15. The molecule has 1 unspecified atom stereocenters. The highest BCUT2D eigenvalue weighted by Gasteiger charge is 2.31. The summed E-state index contributed by atoms with van der Waals surface area (Å²) in [4.78, 5) is 34.4. The van der Waals surface area contributed by atoms with Crippen LogP contribution in [0, 0.1) is 0 Å². The quantitative estimate of drug-likeness (QED) is 0.855. The van der Waals surface area contributed by atoms with E-state index in [9.17, 15) is 9.59 Å². The van der Waals surface area contributed by atoms with Crippen LogP contribution in [0.2, 0.25) is 0 Å². The molecular formula is C18H20N4O4. The van der Waals surface area contributed by atoms with Crippen molar-refractivity contribution in [3.63, 3.8) is 0 Å². The smallest absolute Gasteiger partial charge is 0.258 e. The fourth-order valence-corrected chi connectivity index (χ4v) is 3.41. The molecule has 8 nitrogen and oxygen atoms in total. The first-order chi connectivity index (χ1) is 12.7. The molecule has 2 aliphatic heterocycles. The Morgan fingerprint density at radius 1 is 1.19 bits per heavy atom. The van der Waals surface area contributed by atoms with Gasteiger partial charge in [-0.1, -0.05) is 12.1 Å². The number of nitrogens with one attached hydrogen (secondary N) is 2. The number of hydrogen-bond acceptors (Lipinski definition) is 6. The van der Waals surface area contributed by atoms with Gasteiger partial charge in [0.05, 0.1) is 25.9 Å². The Bertz CT molecular complexity index is 872. The lowest BCUT2D eigenvalue weighted by molar-refractivity contribution is -0.116. The molecule has 2 N–H and O–H groups in total. The average Bonchev–Trinajstić information content (AvgIpc) is 2.67. The van der Waals surface area contributed by atoms with Crippen LogP contribution in [0.3, 0.4) is 0 Å². The lowest BCUT2D eigenvalue weighted by Crippen LogP contribution is -2.40. The predicted octanol–water partition coefficient (Wildman–Crippen LogP) is 1.09. The van der Waals surface area contributed by atoms with Gasteiger partial charge in [-0.2, -0.15) is 4.98 Å².